The summed E-state index contributed by atoms with van der Waals surface area (Å²) in [6.45, 7) is 0. The summed E-state index contributed by atoms with van der Waals surface area (Å²) >= 11 is 1.09. The molecule has 0 bridgehead atoms. The number of halogens is 2. The van der Waals surface area contributed by atoms with E-state index in [1.165, 1.54) is 42.6 Å². The third-order valence-corrected chi connectivity index (χ3v) is 6.26. The highest BCUT2D eigenvalue weighted by molar-refractivity contribution is 7.94. The summed E-state index contributed by atoms with van der Waals surface area (Å²) in [7, 11) is -3.67. The molecule has 1 aromatic heterocycles. The first-order valence-corrected chi connectivity index (χ1v) is 10.2. The second kappa shape index (κ2) is 8.28. The van der Waals surface area contributed by atoms with E-state index in [1.807, 2.05) is 0 Å². The van der Waals surface area contributed by atoms with Crippen molar-refractivity contribution in [2.24, 2.45) is 5.10 Å². The minimum absolute atomic E-state index is 0.181. The zero-order valence-electron chi connectivity index (χ0n) is 14.1. The van der Waals surface area contributed by atoms with Crippen molar-refractivity contribution in [1.29, 1.82) is 0 Å². The van der Waals surface area contributed by atoms with Crippen LogP contribution in [0.4, 0.5) is 14.5 Å². The van der Waals surface area contributed by atoms with E-state index in [1.54, 1.807) is 11.4 Å². The van der Waals surface area contributed by atoms with Crippen LogP contribution in [0.3, 0.4) is 0 Å². The molecular formula is C18H13F2N3O3S2. The zero-order chi connectivity index (χ0) is 20.1. The van der Waals surface area contributed by atoms with Crippen molar-refractivity contribution >= 4 is 39.2 Å². The SMILES string of the molecule is O=C(N/N=C\c1ccc(F)c(F)c1)c1ccc(NS(=O)(=O)c2cccs2)cc1. The average molecular weight is 421 g/mol. The zero-order valence-corrected chi connectivity index (χ0v) is 15.7. The van der Waals surface area contributed by atoms with Gasteiger partial charge in [0.05, 0.1) is 6.21 Å². The molecule has 28 heavy (non-hydrogen) atoms. The minimum atomic E-state index is -3.67. The number of nitrogens with one attached hydrogen (secondary N) is 2. The van der Waals surface area contributed by atoms with Crippen LogP contribution in [0.15, 0.2) is 69.3 Å². The molecule has 3 aromatic rings. The van der Waals surface area contributed by atoms with Crippen molar-refractivity contribution < 1.29 is 22.0 Å². The van der Waals surface area contributed by atoms with Crippen molar-refractivity contribution in [2.45, 2.75) is 4.21 Å². The largest absolute Gasteiger partial charge is 0.279 e. The van der Waals surface area contributed by atoms with E-state index >= 15 is 0 Å². The van der Waals surface area contributed by atoms with Gasteiger partial charge in [0.1, 0.15) is 4.21 Å². The van der Waals surface area contributed by atoms with Crippen LogP contribution >= 0.6 is 11.3 Å². The number of anilines is 1. The summed E-state index contributed by atoms with van der Waals surface area (Å²) in [5.74, 6) is -2.54. The number of carbonyl (C=O) groups excluding carboxylic acids is 1. The van der Waals surface area contributed by atoms with Gasteiger partial charge in [0, 0.05) is 11.3 Å². The number of hydrogen-bond donors (Lipinski definition) is 2. The highest BCUT2D eigenvalue weighted by Gasteiger charge is 2.15. The maximum atomic E-state index is 13.1. The summed E-state index contributed by atoms with van der Waals surface area (Å²) in [5.41, 5.74) is 3.06. The summed E-state index contributed by atoms with van der Waals surface area (Å²) < 4.78 is 52.9. The van der Waals surface area contributed by atoms with Crippen molar-refractivity contribution in [3.8, 4) is 0 Å². The number of amides is 1. The lowest BCUT2D eigenvalue weighted by Gasteiger charge is -2.07. The molecule has 144 valence electrons. The number of carbonyl (C=O) groups is 1. The van der Waals surface area contributed by atoms with E-state index < -0.39 is 27.6 Å². The Labute approximate surface area is 163 Å². The van der Waals surface area contributed by atoms with Crippen LogP contribution in [0.25, 0.3) is 0 Å². The number of thiophene rings is 1. The molecule has 0 spiro atoms. The Balaban J connectivity index is 1.62. The van der Waals surface area contributed by atoms with E-state index in [-0.39, 0.29) is 15.3 Å². The van der Waals surface area contributed by atoms with Gasteiger partial charge in [-0.25, -0.2) is 22.6 Å². The molecule has 0 saturated heterocycles. The number of hydrazone groups is 1. The lowest BCUT2D eigenvalue weighted by molar-refractivity contribution is 0.0955. The van der Waals surface area contributed by atoms with Gasteiger partial charge in [-0.1, -0.05) is 12.1 Å². The van der Waals surface area contributed by atoms with Crippen molar-refractivity contribution in [2.75, 3.05) is 4.72 Å². The molecule has 1 amide bonds. The maximum Gasteiger partial charge on any atom is 0.271 e. The average Bonchev–Trinajstić information content (AvgIpc) is 3.21. The first-order valence-electron chi connectivity index (χ1n) is 7.80. The Bertz CT molecular complexity index is 1110. The quantitative estimate of drug-likeness (QED) is 0.471. The second-order valence-corrected chi connectivity index (χ2v) is 8.34. The summed E-state index contributed by atoms with van der Waals surface area (Å²) in [5, 5.41) is 5.34. The molecule has 0 unspecified atom stereocenters. The first-order chi connectivity index (χ1) is 13.3. The molecule has 10 heteroatoms. The van der Waals surface area contributed by atoms with E-state index in [0.717, 1.165) is 23.5 Å². The van der Waals surface area contributed by atoms with Gasteiger partial charge in [-0.15, -0.1) is 11.3 Å². The molecule has 0 radical (unpaired) electrons. The fraction of sp³-hybridized carbons (Fsp3) is 0. The van der Waals surface area contributed by atoms with E-state index in [2.05, 4.69) is 15.2 Å². The Kier molecular flexibility index (Phi) is 5.81. The molecule has 0 fully saturated rings. The van der Waals surface area contributed by atoms with Gasteiger partial charge in [0.2, 0.25) is 0 Å². The molecule has 2 N–H and O–H groups in total. The van der Waals surface area contributed by atoms with Gasteiger partial charge in [-0.05, 0) is 53.4 Å². The lowest BCUT2D eigenvalue weighted by atomic mass is 10.2. The molecule has 2 aromatic carbocycles. The van der Waals surface area contributed by atoms with Crippen LogP contribution in [0, 0.1) is 11.6 Å². The minimum Gasteiger partial charge on any atom is -0.279 e. The van der Waals surface area contributed by atoms with Gasteiger partial charge in [-0.3, -0.25) is 9.52 Å². The van der Waals surface area contributed by atoms with E-state index in [4.69, 9.17) is 0 Å². The number of nitrogens with zero attached hydrogens (tertiary/aromatic N) is 1. The van der Waals surface area contributed by atoms with Crippen LogP contribution in [-0.4, -0.2) is 20.5 Å². The standard InChI is InChI=1S/C18H13F2N3O3S2/c19-15-8-3-12(10-16(15)20)11-21-22-18(24)13-4-6-14(7-5-13)23-28(25,26)17-2-1-9-27-17/h1-11,23H,(H,22,24)/b21-11-. The summed E-state index contributed by atoms with van der Waals surface area (Å²) in [4.78, 5) is 12.0. The highest BCUT2D eigenvalue weighted by Crippen LogP contribution is 2.20. The van der Waals surface area contributed by atoms with Gasteiger partial charge in [0.25, 0.3) is 15.9 Å². The fourth-order valence-corrected chi connectivity index (χ4v) is 4.19. The Morgan fingerprint density at radius 1 is 1.04 bits per heavy atom. The van der Waals surface area contributed by atoms with Crippen LogP contribution in [0.5, 0.6) is 0 Å². The number of benzene rings is 2. The molecule has 0 aliphatic heterocycles. The lowest BCUT2D eigenvalue weighted by Crippen LogP contribution is -2.17. The highest BCUT2D eigenvalue weighted by atomic mass is 32.2. The van der Waals surface area contributed by atoms with Crippen LogP contribution in [-0.2, 0) is 10.0 Å². The van der Waals surface area contributed by atoms with Crippen LogP contribution < -0.4 is 10.1 Å². The van der Waals surface area contributed by atoms with Gasteiger partial charge < -0.3 is 0 Å². The van der Waals surface area contributed by atoms with E-state index in [0.29, 0.717) is 5.69 Å². The number of hydrogen-bond acceptors (Lipinski definition) is 5. The molecule has 1 heterocycles. The van der Waals surface area contributed by atoms with Gasteiger partial charge >= 0.3 is 0 Å². The second-order valence-electron chi connectivity index (χ2n) is 5.49. The molecule has 3 rings (SSSR count). The number of rotatable bonds is 6. The Morgan fingerprint density at radius 2 is 1.79 bits per heavy atom. The fourth-order valence-electron chi connectivity index (χ4n) is 2.13. The Hall–Kier alpha value is -3.11. The third kappa shape index (κ3) is 4.78. The summed E-state index contributed by atoms with van der Waals surface area (Å²) in [6.07, 6.45) is 1.17. The van der Waals surface area contributed by atoms with Crippen molar-refractivity contribution in [1.82, 2.24) is 5.43 Å². The summed E-state index contributed by atoms with van der Waals surface area (Å²) in [6, 6.07) is 12.1. The topological polar surface area (TPSA) is 87.6 Å². The molecule has 0 aliphatic rings. The first kappa shape index (κ1) is 19.6. The van der Waals surface area contributed by atoms with Crippen molar-refractivity contribution in [3.05, 3.63) is 82.7 Å². The normalized spacial score (nSPS) is 11.5. The molecule has 6 nitrogen and oxygen atoms in total. The van der Waals surface area contributed by atoms with Gasteiger partial charge in [0.15, 0.2) is 11.6 Å². The smallest absolute Gasteiger partial charge is 0.271 e. The number of sulfonamides is 1. The predicted octanol–water partition coefficient (Wildman–Crippen LogP) is 3.59. The molecular weight excluding hydrogens is 408 g/mol. The Morgan fingerprint density at radius 3 is 2.43 bits per heavy atom. The van der Waals surface area contributed by atoms with Gasteiger partial charge in [-0.2, -0.15) is 5.10 Å². The molecule has 0 saturated carbocycles. The van der Waals surface area contributed by atoms with E-state index in [9.17, 15) is 22.0 Å². The maximum absolute atomic E-state index is 13.1. The molecule has 0 aliphatic carbocycles. The molecule has 0 atom stereocenters. The van der Waals surface area contributed by atoms with Crippen LogP contribution in [0.2, 0.25) is 0 Å². The predicted molar refractivity (Wildman–Crippen MR) is 103 cm³/mol. The van der Waals surface area contributed by atoms with Crippen LogP contribution in [0.1, 0.15) is 15.9 Å². The van der Waals surface area contributed by atoms with Crippen molar-refractivity contribution in [3.63, 3.8) is 0 Å². The monoisotopic (exact) mass is 421 g/mol. The third-order valence-electron chi connectivity index (χ3n) is 3.48.